The van der Waals surface area contributed by atoms with Crippen molar-refractivity contribution in [3.63, 3.8) is 0 Å². The number of amides is 1. The maximum Gasteiger partial charge on any atom is 0.256 e. The van der Waals surface area contributed by atoms with Crippen molar-refractivity contribution in [3.8, 4) is 5.75 Å². The summed E-state index contributed by atoms with van der Waals surface area (Å²) in [5.74, 6) is 0.193. The molecule has 0 unspecified atom stereocenters. The minimum Gasteiger partial charge on any atom is -0.497 e. The Balaban J connectivity index is 2.53. The van der Waals surface area contributed by atoms with Gasteiger partial charge in [-0.3, -0.25) is 9.59 Å². The van der Waals surface area contributed by atoms with Gasteiger partial charge in [0.15, 0.2) is 0 Å². The molecule has 1 aromatic carbocycles. The molecule has 0 aliphatic heterocycles. The first-order chi connectivity index (χ1) is 10.6. The molecule has 6 nitrogen and oxygen atoms in total. The summed E-state index contributed by atoms with van der Waals surface area (Å²) in [6.45, 7) is 3.37. The molecule has 22 heavy (non-hydrogen) atoms. The van der Waals surface area contributed by atoms with Gasteiger partial charge in [-0.05, 0) is 25.1 Å². The Labute approximate surface area is 128 Å². The number of nitrogens with one attached hydrogen (secondary N) is 1. The third kappa shape index (κ3) is 3.12. The third-order valence-corrected chi connectivity index (χ3v) is 3.46. The normalized spacial score (nSPS) is 10.7. The summed E-state index contributed by atoms with van der Waals surface area (Å²) in [5.41, 5.74) is 0.606. The Kier molecular flexibility index (Phi) is 5.16. The van der Waals surface area contributed by atoms with Crippen molar-refractivity contribution < 1.29 is 14.3 Å². The van der Waals surface area contributed by atoms with Gasteiger partial charge in [0.1, 0.15) is 11.3 Å². The summed E-state index contributed by atoms with van der Waals surface area (Å²) in [6.07, 6.45) is 1.60. The SMILES string of the molecule is CCn1cc(C(=O)NCCOC)c(=O)c2cc(OC)ccc21. The minimum absolute atomic E-state index is 0.124. The number of pyridine rings is 1. The van der Waals surface area contributed by atoms with Crippen LogP contribution in [-0.2, 0) is 11.3 Å². The fraction of sp³-hybridized carbons (Fsp3) is 0.375. The van der Waals surface area contributed by atoms with Crippen LogP contribution in [0.1, 0.15) is 17.3 Å². The van der Waals surface area contributed by atoms with Crippen LogP contribution in [0.2, 0.25) is 0 Å². The van der Waals surface area contributed by atoms with Crippen molar-refractivity contribution in [3.05, 3.63) is 40.2 Å². The summed E-state index contributed by atoms with van der Waals surface area (Å²) >= 11 is 0. The summed E-state index contributed by atoms with van der Waals surface area (Å²) in [5, 5.41) is 3.15. The number of benzene rings is 1. The molecule has 0 fully saturated rings. The molecule has 2 rings (SSSR count). The highest BCUT2D eigenvalue weighted by Crippen LogP contribution is 2.19. The van der Waals surface area contributed by atoms with E-state index in [4.69, 9.17) is 9.47 Å². The average molecular weight is 304 g/mol. The molecule has 0 spiro atoms. The lowest BCUT2D eigenvalue weighted by molar-refractivity contribution is 0.0935. The number of hydrogen-bond donors (Lipinski definition) is 1. The lowest BCUT2D eigenvalue weighted by Crippen LogP contribution is -2.32. The van der Waals surface area contributed by atoms with Crippen LogP contribution in [0.5, 0.6) is 5.75 Å². The van der Waals surface area contributed by atoms with Gasteiger partial charge in [0.05, 0.1) is 24.6 Å². The molecule has 0 aliphatic carbocycles. The molecule has 1 N–H and O–H groups in total. The number of hydrogen-bond acceptors (Lipinski definition) is 4. The quantitative estimate of drug-likeness (QED) is 0.819. The highest BCUT2D eigenvalue weighted by molar-refractivity contribution is 5.97. The van der Waals surface area contributed by atoms with E-state index < -0.39 is 5.91 Å². The maximum absolute atomic E-state index is 12.6. The predicted octanol–water partition coefficient (Wildman–Crippen LogP) is 1.41. The maximum atomic E-state index is 12.6. The van der Waals surface area contributed by atoms with Crippen LogP contribution >= 0.6 is 0 Å². The molecule has 0 saturated carbocycles. The van der Waals surface area contributed by atoms with Crippen LogP contribution in [0.15, 0.2) is 29.2 Å². The van der Waals surface area contributed by atoms with Gasteiger partial charge in [0, 0.05) is 26.4 Å². The van der Waals surface area contributed by atoms with Gasteiger partial charge in [0.2, 0.25) is 5.43 Å². The van der Waals surface area contributed by atoms with Gasteiger partial charge in [0.25, 0.3) is 5.91 Å². The number of fused-ring (bicyclic) bond motifs is 1. The van der Waals surface area contributed by atoms with E-state index in [2.05, 4.69) is 5.32 Å². The van der Waals surface area contributed by atoms with Crippen LogP contribution < -0.4 is 15.5 Å². The second kappa shape index (κ2) is 7.09. The standard InChI is InChI=1S/C16H20N2O4/c1-4-18-10-13(16(20)17-7-8-21-2)15(19)12-9-11(22-3)5-6-14(12)18/h5-6,9-10H,4,7-8H2,1-3H3,(H,17,20). The number of rotatable bonds is 6. The van der Waals surface area contributed by atoms with E-state index in [1.807, 2.05) is 17.6 Å². The van der Waals surface area contributed by atoms with E-state index in [9.17, 15) is 9.59 Å². The second-order valence-electron chi connectivity index (χ2n) is 4.79. The number of carbonyl (C=O) groups excluding carboxylic acids is 1. The monoisotopic (exact) mass is 304 g/mol. The molecular weight excluding hydrogens is 284 g/mol. The Bertz CT molecular complexity index is 737. The molecular formula is C16H20N2O4. The van der Waals surface area contributed by atoms with Gasteiger partial charge >= 0.3 is 0 Å². The van der Waals surface area contributed by atoms with Gasteiger partial charge in [-0.1, -0.05) is 0 Å². The molecule has 1 heterocycles. The molecule has 1 amide bonds. The van der Waals surface area contributed by atoms with Crippen LogP contribution in [0.4, 0.5) is 0 Å². The fourth-order valence-electron chi connectivity index (χ4n) is 2.29. The molecule has 0 atom stereocenters. The Morgan fingerprint density at radius 1 is 1.32 bits per heavy atom. The van der Waals surface area contributed by atoms with Gasteiger partial charge in [-0.15, -0.1) is 0 Å². The Morgan fingerprint density at radius 3 is 2.73 bits per heavy atom. The number of aryl methyl sites for hydroxylation is 1. The smallest absolute Gasteiger partial charge is 0.256 e. The highest BCUT2D eigenvalue weighted by atomic mass is 16.5. The van der Waals surface area contributed by atoms with Gasteiger partial charge in [-0.25, -0.2) is 0 Å². The van der Waals surface area contributed by atoms with E-state index in [0.29, 0.717) is 30.8 Å². The van der Waals surface area contributed by atoms with Crippen molar-refractivity contribution in [2.75, 3.05) is 27.4 Å². The van der Waals surface area contributed by atoms with Crippen LogP contribution in [-0.4, -0.2) is 37.8 Å². The van der Waals surface area contributed by atoms with Crippen molar-refractivity contribution >= 4 is 16.8 Å². The van der Waals surface area contributed by atoms with E-state index in [-0.39, 0.29) is 11.0 Å². The average Bonchev–Trinajstić information content (AvgIpc) is 2.55. The summed E-state index contributed by atoms with van der Waals surface area (Å²) in [4.78, 5) is 24.8. The summed E-state index contributed by atoms with van der Waals surface area (Å²) < 4.78 is 11.9. The Hall–Kier alpha value is -2.34. The van der Waals surface area contributed by atoms with Gasteiger partial charge in [-0.2, -0.15) is 0 Å². The van der Waals surface area contributed by atoms with Gasteiger partial charge < -0.3 is 19.4 Å². The minimum atomic E-state index is -0.394. The van der Waals surface area contributed by atoms with Crippen LogP contribution in [0, 0.1) is 0 Å². The number of ether oxygens (including phenoxy) is 2. The molecule has 0 saturated heterocycles. The van der Waals surface area contributed by atoms with Crippen molar-refractivity contribution in [2.24, 2.45) is 0 Å². The topological polar surface area (TPSA) is 69.6 Å². The zero-order valence-electron chi connectivity index (χ0n) is 13.0. The second-order valence-corrected chi connectivity index (χ2v) is 4.79. The third-order valence-electron chi connectivity index (χ3n) is 3.46. The summed E-state index contributed by atoms with van der Waals surface area (Å²) in [6, 6.07) is 5.29. The van der Waals surface area contributed by atoms with E-state index >= 15 is 0 Å². The molecule has 0 bridgehead atoms. The first-order valence-corrected chi connectivity index (χ1v) is 7.10. The number of aromatic nitrogens is 1. The van der Waals surface area contributed by atoms with Crippen LogP contribution in [0.25, 0.3) is 10.9 Å². The first kappa shape index (κ1) is 16.0. The molecule has 0 aliphatic rings. The lowest BCUT2D eigenvalue weighted by Gasteiger charge is -2.12. The van der Waals surface area contributed by atoms with Crippen molar-refractivity contribution in [1.29, 1.82) is 0 Å². The van der Waals surface area contributed by atoms with Crippen molar-refractivity contribution in [2.45, 2.75) is 13.5 Å². The van der Waals surface area contributed by atoms with E-state index in [1.54, 1.807) is 32.5 Å². The van der Waals surface area contributed by atoms with E-state index in [1.165, 1.54) is 0 Å². The Morgan fingerprint density at radius 2 is 2.09 bits per heavy atom. The number of nitrogens with zero attached hydrogens (tertiary/aromatic N) is 1. The number of carbonyl (C=O) groups is 1. The van der Waals surface area contributed by atoms with Crippen molar-refractivity contribution in [1.82, 2.24) is 9.88 Å². The molecule has 6 heteroatoms. The fourth-order valence-corrected chi connectivity index (χ4v) is 2.29. The number of methoxy groups -OCH3 is 2. The molecule has 1 aromatic heterocycles. The molecule has 0 radical (unpaired) electrons. The van der Waals surface area contributed by atoms with E-state index in [0.717, 1.165) is 5.52 Å². The molecule has 118 valence electrons. The predicted molar refractivity (Wildman–Crippen MR) is 84.6 cm³/mol. The lowest BCUT2D eigenvalue weighted by atomic mass is 10.1. The first-order valence-electron chi connectivity index (χ1n) is 7.10. The largest absolute Gasteiger partial charge is 0.497 e. The zero-order chi connectivity index (χ0) is 16.1. The summed E-state index contributed by atoms with van der Waals surface area (Å²) in [7, 11) is 3.10. The zero-order valence-corrected chi connectivity index (χ0v) is 13.0. The van der Waals surface area contributed by atoms with Crippen LogP contribution in [0.3, 0.4) is 0 Å². The highest BCUT2D eigenvalue weighted by Gasteiger charge is 2.15. The molecule has 2 aromatic rings.